The van der Waals surface area contributed by atoms with E-state index in [0.29, 0.717) is 18.5 Å². The Morgan fingerprint density at radius 3 is 2.73 bits per heavy atom. The van der Waals surface area contributed by atoms with Gasteiger partial charge in [-0.1, -0.05) is 30.3 Å². The molecule has 1 heterocycles. The number of hydrogen-bond donors (Lipinski definition) is 1. The molecule has 4 nitrogen and oxygen atoms in total. The highest BCUT2D eigenvalue weighted by atomic mass is 32.1. The van der Waals surface area contributed by atoms with Gasteiger partial charge in [0.15, 0.2) is 0 Å². The minimum Gasteiger partial charge on any atom is -0.355 e. The molecule has 0 saturated carbocycles. The molecule has 1 amide bonds. The molecule has 6 heteroatoms. The van der Waals surface area contributed by atoms with Crippen molar-refractivity contribution in [3.05, 3.63) is 64.9 Å². The van der Waals surface area contributed by atoms with E-state index in [-0.39, 0.29) is 24.3 Å². The second kappa shape index (κ2) is 8.38. The van der Waals surface area contributed by atoms with Gasteiger partial charge in [-0.05, 0) is 44.2 Å². The normalized spacial score (nSPS) is 12.5. The van der Waals surface area contributed by atoms with E-state index in [0.717, 1.165) is 15.2 Å². The maximum atomic E-state index is 13.6. The van der Waals surface area contributed by atoms with Crippen LogP contribution in [0, 0.1) is 5.82 Å². The number of carbonyl (C=O) groups excluding carboxylic acids is 1. The van der Waals surface area contributed by atoms with Crippen LogP contribution in [0.5, 0.6) is 0 Å². The van der Waals surface area contributed by atoms with Crippen LogP contribution in [0.4, 0.5) is 4.39 Å². The van der Waals surface area contributed by atoms with Gasteiger partial charge < -0.3 is 5.32 Å². The number of likely N-dealkylation sites (N-methyl/N-ethyl adjacent to an activating group) is 1. The lowest BCUT2D eigenvalue weighted by Crippen LogP contribution is -2.37. The Morgan fingerprint density at radius 1 is 1.23 bits per heavy atom. The quantitative estimate of drug-likeness (QED) is 0.687. The van der Waals surface area contributed by atoms with Crippen molar-refractivity contribution in [2.75, 3.05) is 20.1 Å². The number of nitrogens with one attached hydrogen (secondary N) is 1. The van der Waals surface area contributed by atoms with E-state index in [1.807, 2.05) is 37.1 Å². The number of para-hydroxylation sites is 1. The summed E-state index contributed by atoms with van der Waals surface area (Å²) in [5, 5.41) is 3.85. The van der Waals surface area contributed by atoms with Gasteiger partial charge >= 0.3 is 0 Å². The molecule has 1 aromatic heterocycles. The van der Waals surface area contributed by atoms with Crippen LogP contribution >= 0.6 is 11.3 Å². The minimum absolute atomic E-state index is 0.0460. The third-order valence-corrected chi connectivity index (χ3v) is 5.60. The predicted molar refractivity (Wildman–Crippen MR) is 104 cm³/mol. The van der Waals surface area contributed by atoms with Crippen LogP contribution in [0.2, 0.25) is 0 Å². The highest BCUT2D eigenvalue weighted by Gasteiger charge is 2.18. The summed E-state index contributed by atoms with van der Waals surface area (Å²) < 4.78 is 14.7. The molecule has 1 atom stereocenters. The molecule has 0 saturated heterocycles. The summed E-state index contributed by atoms with van der Waals surface area (Å²) in [6.07, 6.45) is 0.482. The van der Waals surface area contributed by atoms with Crippen LogP contribution in [0.3, 0.4) is 0 Å². The van der Waals surface area contributed by atoms with Crippen LogP contribution in [-0.4, -0.2) is 35.9 Å². The number of benzene rings is 2. The molecule has 0 aliphatic rings. The fraction of sp³-hybridized carbons (Fsp3) is 0.300. The van der Waals surface area contributed by atoms with E-state index < -0.39 is 0 Å². The summed E-state index contributed by atoms with van der Waals surface area (Å²) >= 11 is 1.65. The Hall–Kier alpha value is -2.31. The lowest BCUT2D eigenvalue weighted by molar-refractivity contribution is -0.122. The molecule has 0 aliphatic carbocycles. The first-order valence-corrected chi connectivity index (χ1v) is 9.42. The van der Waals surface area contributed by atoms with Crippen molar-refractivity contribution in [3.8, 4) is 0 Å². The first-order valence-electron chi connectivity index (χ1n) is 8.60. The molecule has 0 bridgehead atoms. The smallest absolute Gasteiger partial charge is 0.234 e. The molecule has 0 radical (unpaired) electrons. The summed E-state index contributed by atoms with van der Waals surface area (Å²) in [5.74, 6) is -0.305. The number of halogens is 1. The van der Waals surface area contributed by atoms with E-state index in [1.54, 1.807) is 29.5 Å². The fourth-order valence-electron chi connectivity index (χ4n) is 2.71. The first kappa shape index (κ1) is 18.5. The topological polar surface area (TPSA) is 45.2 Å². The Balaban J connectivity index is 1.51. The monoisotopic (exact) mass is 371 g/mol. The molecule has 3 rings (SSSR count). The summed E-state index contributed by atoms with van der Waals surface area (Å²) in [6.45, 7) is 2.74. The van der Waals surface area contributed by atoms with Crippen LogP contribution < -0.4 is 5.32 Å². The predicted octanol–water partition coefficient (Wildman–Crippen LogP) is 3.79. The zero-order valence-electron chi connectivity index (χ0n) is 14.9. The molecular weight excluding hydrogens is 349 g/mol. The number of carbonyl (C=O) groups is 1. The summed E-state index contributed by atoms with van der Waals surface area (Å²) in [4.78, 5) is 18.8. The van der Waals surface area contributed by atoms with E-state index >= 15 is 0 Å². The maximum absolute atomic E-state index is 13.6. The Bertz CT molecular complexity index is 862. The lowest BCUT2D eigenvalue weighted by atomic mass is 10.1. The number of amides is 1. The number of aromatic nitrogens is 1. The molecule has 1 N–H and O–H groups in total. The van der Waals surface area contributed by atoms with Crippen molar-refractivity contribution in [2.45, 2.75) is 19.4 Å². The van der Waals surface area contributed by atoms with Crippen molar-refractivity contribution in [1.82, 2.24) is 15.2 Å². The molecule has 0 spiro atoms. The van der Waals surface area contributed by atoms with Crippen LogP contribution in [0.15, 0.2) is 48.5 Å². The van der Waals surface area contributed by atoms with E-state index in [2.05, 4.69) is 16.4 Å². The Labute approximate surface area is 156 Å². The maximum Gasteiger partial charge on any atom is 0.234 e. The second-order valence-corrected chi connectivity index (χ2v) is 7.36. The number of fused-ring (bicyclic) bond motifs is 1. The van der Waals surface area contributed by atoms with Crippen molar-refractivity contribution in [2.24, 2.45) is 0 Å². The summed E-state index contributed by atoms with van der Waals surface area (Å²) in [5.41, 5.74) is 1.60. The zero-order chi connectivity index (χ0) is 18.5. The van der Waals surface area contributed by atoms with Gasteiger partial charge in [0.1, 0.15) is 10.8 Å². The van der Waals surface area contributed by atoms with Crippen molar-refractivity contribution < 1.29 is 9.18 Å². The van der Waals surface area contributed by atoms with Gasteiger partial charge in [-0.25, -0.2) is 9.37 Å². The van der Waals surface area contributed by atoms with Crippen molar-refractivity contribution >= 4 is 27.5 Å². The van der Waals surface area contributed by atoms with Gasteiger partial charge in [0, 0.05) is 6.54 Å². The second-order valence-electron chi connectivity index (χ2n) is 6.30. The lowest BCUT2D eigenvalue weighted by Gasteiger charge is -2.22. The third kappa shape index (κ3) is 4.45. The van der Waals surface area contributed by atoms with Gasteiger partial charge in [-0.2, -0.15) is 0 Å². The van der Waals surface area contributed by atoms with E-state index in [9.17, 15) is 9.18 Å². The highest BCUT2D eigenvalue weighted by molar-refractivity contribution is 7.18. The van der Waals surface area contributed by atoms with Gasteiger partial charge in [0.05, 0.1) is 22.8 Å². The van der Waals surface area contributed by atoms with Gasteiger partial charge in [0.2, 0.25) is 5.91 Å². The van der Waals surface area contributed by atoms with E-state index in [4.69, 9.17) is 0 Å². The SMILES string of the molecule is C[C@@H](c1nc2ccccc2s1)N(C)CC(=O)NCCc1ccccc1F. The van der Waals surface area contributed by atoms with Crippen LogP contribution in [-0.2, 0) is 11.2 Å². The molecule has 136 valence electrons. The van der Waals surface area contributed by atoms with Gasteiger partial charge in [-0.3, -0.25) is 9.69 Å². The number of thiazole rings is 1. The minimum atomic E-state index is -0.233. The molecule has 26 heavy (non-hydrogen) atoms. The molecule has 3 aromatic rings. The first-order chi connectivity index (χ1) is 12.5. The zero-order valence-corrected chi connectivity index (χ0v) is 15.7. The van der Waals surface area contributed by atoms with Crippen LogP contribution in [0.1, 0.15) is 23.5 Å². The molecule has 0 unspecified atom stereocenters. The van der Waals surface area contributed by atoms with Gasteiger partial charge in [-0.15, -0.1) is 11.3 Å². The van der Waals surface area contributed by atoms with Crippen molar-refractivity contribution in [3.63, 3.8) is 0 Å². The fourth-order valence-corrected chi connectivity index (χ4v) is 3.80. The summed E-state index contributed by atoms with van der Waals surface area (Å²) in [6, 6.07) is 14.7. The molecule has 2 aromatic carbocycles. The molecular formula is C20H22FN3OS. The largest absolute Gasteiger partial charge is 0.355 e. The average molecular weight is 371 g/mol. The number of rotatable bonds is 7. The van der Waals surface area contributed by atoms with Crippen molar-refractivity contribution in [1.29, 1.82) is 0 Å². The third-order valence-electron chi connectivity index (χ3n) is 4.40. The highest BCUT2D eigenvalue weighted by Crippen LogP contribution is 2.28. The standard InChI is InChI=1S/C20H22FN3OS/c1-14(20-23-17-9-5-6-10-18(17)26-20)24(2)13-19(25)22-12-11-15-7-3-4-8-16(15)21/h3-10,14H,11-13H2,1-2H3,(H,22,25)/t14-/m0/s1. The molecule has 0 fully saturated rings. The molecule has 0 aliphatic heterocycles. The Kier molecular flexibility index (Phi) is 5.96. The average Bonchev–Trinajstić information content (AvgIpc) is 3.06. The van der Waals surface area contributed by atoms with Gasteiger partial charge in [0.25, 0.3) is 0 Å². The Morgan fingerprint density at radius 2 is 1.96 bits per heavy atom. The van der Waals surface area contributed by atoms with E-state index in [1.165, 1.54) is 6.07 Å². The number of nitrogens with zero attached hydrogens (tertiary/aromatic N) is 2. The number of hydrogen-bond acceptors (Lipinski definition) is 4. The van der Waals surface area contributed by atoms with Crippen LogP contribution in [0.25, 0.3) is 10.2 Å². The summed E-state index contributed by atoms with van der Waals surface area (Å²) in [7, 11) is 1.91.